The molecule has 1 unspecified atom stereocenters. The van der Waals surface area contributed by atoms with E-state index in [1.165, 1.54) is 29.6 Å². The number of rotatable bonds is 5. The lowest BCUT2D eigenvalue weighted by molar-refractivity contribution is -0.118. The highest BCUT2D eigenvalue weighted by molar-refractivity contribution is 6.01. The van der Waals surface area contributed by atoms with E-state index in [4.69, 9.17) is 10.5 Å². The third-order valence-corrected chi connectivity index (χ3v) is 5.87. The number of allylic oxidation sites excluding steroid dienone is 2. The summed E-state index contributed by atoms with van der Waals surface area (Å²) in [4.78, 5) is 16.0. The van der Waals surface area contributed by atoms with Gasteiger partial charge >= 0.3 is 0 Å². The van der Waals surface area contributed by atoms with Gasteiger partial charge in [-0.15, -0.1) is 0 Å². The van der Waals surface area contributed by atoms with Gasteiger partial charge in [-0.25, -0.2) is 4.99 Å². The molecule has 3 rings (SSSR count). The Hall–Kier alpha value is -1.84. The van der Waals surface area contributed by atoms with Crippen molar-refractivity contribution in [1.82, 2.24) is 0 Å². The zero-order valence-corrected chi connectivity index (χ0v) is 15.5. The lowest BCUT2D eigenvalue weighted by Crippen LogP contribution is -2.26. The second-order valence-corrected chi connectivity index (χ2v) is 7.87. The average Bonchev–Trinajstić information content (AvgIpc) is 3.07. The molecule has 4 nitrogen and oxygen atoms in total. The van der Waals surface area contributed by atoms with Gasteiger partial charge < -0.3 is 10.5 Å². The summed E-state index contributed by atoms with van der Waals surface area (Å²) in [5.41, 5.74) is 10.6. The quantitative estimate of drug-likeness (QED) is 0.593. The molecule has 1 atom stereocenters. The van der Waals surface area contributed by atoms with Gasteiger partial charge in [-0.1, -0.05) is 24.6 Å². The molecule has 2 N–H and O–H groups in total. The fourth-order valence-electron chi connectivity index (χ4n) is 4.61. The van der Waals surface area contributed by atoms with Crippen molar-refractivity contribution in [2.24, 2.45) is 22.6 Å². The van der Waals surface area contributed by atoms with Crippen molar-refractivity contribution < 1.29 is 9.53 Å². The highest BCUT2D eigenvalue weighted by atomic mass is 16.5. The number of hydrogen-bond donors (Lipinski definition) is 1. The Morgan fingerprint density at radius 1 is 1.32 bits per heavy atom. The van der Waals surface area contributed by atoms with Gasteiger partial charge in [0.05, 0.1) is 0 Å². The Bertz CT molecular complexity index is 649. The number of ether oxygens (including phenoxy) is 1. The minimum atomic E-state index is -0.230. The van der Waals surface area contributed by atoms with Crippen molar-refractivity contribution in [3.63, 3.8) is 0 Å². The molecule has 0 spiro atoms. The van der Waals surface area contributed by atoms with Crippen molar-refractivity contribution in [2.75, 3.05) is 0 Å². The van der Waals surface area contributed by atoms with Crippen molar-refractivity contribution in [3.05, 3.63) is 35.1 Å². The number of carbonyl (C=O) groups is 1. The fourth-order valence-corrected chi connectivity index (χ4v) is 4.61. The number of aliphatic imine (C=N–C) groups is 1. The van der Waals surface area contributed by atoms with Crippen LogP contribution in [0.1, 0.15) is 65.2 Å². The maximum Gasteiger partial charge on any atom is 0.221 e. The topological polar surface area (TPSA) is 64.7 Å². The van der Waals surface area contributed by atoms with Gasteiger partial charge in [-0.05, 0) is 69.3 Å². The molecule has 0 saturated heterocycles. The molecule has 0 heterocycles. The van der Waals surface area contributed by atoms with E-state index in [2.05, 4.69) is 25.4 Å². The number of nitrogens with two attached hydrogens (primary N) is 1. The van der Waals surface area contributed by atoms with Gasteiger partial charge in [0.2, 0.25) is 11.8 Å². The molecule has 4 heteroatoms. The Kier molecular flexibility index (Phi) is 5.45. The van der Waals surface area contributed by atoms with E-state index in [9.17, 15) is 4.79 Å². The molecule has 0 bridgehead atoms. The molecule has 25 heavy (non-hydrogen) atoms. The molecule has 0 radical (unpaired) electrons. The first-order valence-corrected chi connectivity index (χ1v) is 9.55. The first kappa shape index (κ1) is 18.0. The summed E-state index contributed by atoms with van der Waals surface area (Å²) in [5, 5.41) is 0. The average molecular weight is 342 g/mol. The molecule has 1 amide bonds. The number of carbonyl (C=O) groups excluding carboxylic acids is 1. The summed E-state index contributed by atoms with van der Waals surface area (Å²) in [7, 11) is 0. The van der Waals surface area contributed by atoms with Crippen LogP contribution in [0.15, 0.2) is 40.1 Å². The highest BCUT2D eigenvalue weighted by Gasteiger charge is 2.37. The van der Waals surface area contributed by atoms with Crippen LogP contribution in [-0.4, -0.2) is 17.9 Å². The van der Waals surface area contributed by atoms with E-state index in [1.54, 1.807) is 6.20 Å². The van der Waals surface area contributed by atoms with Gasteiger partial charge in [0, 0.05) is 18.2 Å². The van der Waals surface area contributed by atoms with Gasteiger partial charge in [0.15, 0.2) is 0 Å². The van der Waals surface area contributed by atoms with E-state index in [-0.39, 0.29) is 17.9 Å². The Labute approximate surface area is 150 Å². The zero-order chi connectivity index (χ0) is 18.0. The Morgan fingerprint density at radius 3 is 2.68 bits per heavy atom. The third-order valence-electron chi connectivity index (χ3n) is 5.87. The maximum atomic E-state index is 11.5. The van der Waals surface area contributed by atoms with E-state index in [0.29, 0.717) is 12.3 Å². The normalized spacial score (nSPS) is 29.8. The lowest BCUT2D eigenvalue weighted by Gasteiger charge is -2.28. The Balaban J connectivity index is 1.82. The molecule has 1 fully saturated rings. The zero-order valence-electron chi connectivity index (χ0n) is 15.5. The molecule has 0 aromatic rings. The van der Waals surface area contributed by atoms with Crippen LogP contribution in [0, 0.1) is 11.8 Å². The van der Waals surface area contributed by atoms with E-state index < -0.39 is 0 Å². The number of primary amides is 1. The van der Waals surface area contributed by atoms with Crippen LogP contribution in [0.4, 0.5) is 0 Å². The van der Waals surface area contributed by atoms with Crippen LogP contribution in [0.3, 0.4) is 0 Å². The van der Waals surface area contributed by atoms with Crippen LogP contribution >= 0.6 is 0 Å². The predicted molar refractivity (Wildman–Crippen MR) is 101 cm³/mol. The van der Waals surface area contributed by atoms with Gasteiger partial charge in [-0.3, -0.25) is 4.79 Å². The summed E-state index contributed by atoms with van der Waals surface area (Å²) in [6.45, 7) is 8.24. The minimum absolute atomic E-state index is 0.213. The summed E-state index contributed by atoms with van der Waals surface area (Å²) < 4.78 is 6.37. The molecule has 3 aliphatic rings. The number of nitrogens with zero attached hydrogens (tertiary/aromatic N) is 1. The summed E-state index contributed by atoms with van der Waals surface area (Å²) in [5.74, 6) is 1.47. The molecular formula is C21H30N2O2. The SMILES string of the molecule is C=CN=C(OC1CCC(C)CC1)C1=C(C)CC2=C1C(CC(N)=O)CC2. The van der Waals surface area contributed by atoms with E-state index >= 15 is 0 Å². The summed E-state index contributed by atoms with van der Waals surface area (Å²) in [6.07, 6.45) is 9.83. The van der Waals surface area contributed by atoms with Gasteiger partial charge in [0.25, 0.3) is 0 Å². The van der Waals surface area contributed by atoms with Crippen LogP contribution in [0.2, 0.25) is 0 Å². The standard InChI is InChI=1S/C21H30N2O2/c1-4-23-21(25-17-9-5-13(2)6-10-17)19-14(3)11-15-7-8-16(20(15)19)12-18(22)24/h4,13,16-17H,1,5-12H2,2-3H3,(H2,22,24). The molecule has 0 aromatic heterocycles. The summed E-state index contributed by atoms with van der Waals surface area (Å²) >= 11 is 0. The van der Waals surface area contributed by atoms with Crippen molar-refractivity contribution in [3.8, 4) is 0 Å². The molecule has 1 saturated carbocycles. The van der Waals surface area contributed by atoms with Crippen LogP contribution in [-0.2, 0) is 9.53 Å². The van der Waals surface area contributed by atoms with Crippen LogP contribution < -0.4 is 5.73 Å². The summed E-state index contributed by atoms with van der Waals surface area (Å²) in [6, 6.07) is 0. The largest absolute Gasteiger partial charge is 0.474 e. The van der Waals surface area contributed by atoms with Crippen molar-refractivity contribution >= 4 is 11.8 Å². The first-order valence-electron chi connectivity index (χ1n) is 9.55. The monoisotopic (exact) mass is 342 g/mol. The molecule has 0 aromatic carbocycles. The Morgan fingerprint density at radius 2 is 2.04 bits per heavy atom. The number of amides is 1. The van der Waals surface area contributed by atoms with Gasteiger partial charge in [0.1, 0.15) is 6.10 Å². The molecule has 136 valence electrons. The smallest absolute Gasteiger partial charge is 0.221 e. The van der Waals surface area contributed by atoms with E-state index in [1.807, 2.05) is 0 Å². The van der Waals surface area contributed by atoms with Crippen LogP contribution in [0.5, 0.6) is 0 Å². The van der Waals surface area contributed by atoms with Crippen molar-refractivity contribution in [1.29, 1.82) is 0 Å². The van der Waals surface area contributed by atoms with Gasteiger partial charge in [-0.2, -0.15) is 0 Å². The minimum Gasteiger partial charge on any atom is -0.474 e. The third kappa shape index (κ3) is 3.88. The van der Waals surface area contributed by atoms with Crippen molar-refractivity contribution in [2.45, 2.75) is 71.3 Å². The first-order chi connectivity index (χ1) is 12.0. The highest BCUT2D eigenvalue weighted by Crippen LogP contribution is 2.47. The lowest BCUT2D eigenvalue weighted by atomic mass is 9.88. The maximum absolute atomic E-state index is 11.5. The predicted octanol–water partition coefficient (Wildman–Crippen LogP) is 4.43. The second kappa shape index (κ2) is 7.59. The second-order valence-electron chi connectivity index (χ2n) is 7.87. The number of hydrogen-bond acceptors (Lipinski definition) is 3. The molecule has 3 aliphatic carbocycles. The van der Waals surface area contributed by atoms with Crippen LogP contribution in [0.25, 0.3) is 0 Å². The fraction of sp³-hybridized carbons (Fsp3) is 0.619. The molecule has 0 aliphatic heterocycles. The molecular weight excluding hydrogens is 312 g/mol. The van der Waals surface area contributed by atoms with E-state index in [0.717, 1.165) is 43.6 Å².